The normalized spacial score (nSPS) is 10.8. The molecule has 108 valence electrons. The number of thiophene rings is 1. The van der Waals surface area contributed by atoms with E-state index in [-0.39, 0.29) is 0 Å². The minimum absolute atomic E-state index is 0.614. The fraction of sp³-hybridized carbons (Fsp3) is 0.188. The van der Waals surface area contributed by atoms with Gasteiger partial charge in [0.15, 0.2) is 0 Å². The van der Waals surface area contributed by atoms with E-state index >= 15 is 0 Å². The molecule has 0 saturated carbocycles. The maximum atomic E-state index is 6.04. The van der Waals surface area contributed by atoms with Gasteiger partial charge in [0.1, 0.15) is 10.8 Å². The Balaban J connectivity index is 1.98. The van der Waals surface area contributed by atoms with Crippen molar-refractivity contribution >= 4 is 28.4 Å². The minimum Gasteiger partial charge on any atom is -0.492 e. The molecule has 5 heteroatoms. The summed E-state index contributed by atoms with van der Waals surface area (Å²) in [6.45, 7) is 4.67. The lowest BCUT2D eigenvalue weighted by atomic mass is 10.2. The Kier molecular flexibility index (Phi) is 3.94. The second-order valence-corrected chi connectivity index (χ2v) is 6.74. The Bertz CT molecular complexity index is 748. The minimum atomic E-state index is 0.614. The fourth-order valence-electron chi connectivity index (χ4n) is 2.13. The Morgan fingerprint density at radius 1 is 1.29 bits per heavy atom. The van der Waals surface area contributed by atoms with Gasteiger partial charge >= 0.3 is 0 Å². The second kappa shape index (κ2) is 5.87. The van der Waals surface area contributed by atoms with E-state index in [4.69, 9.17) is 15.5 Å². The lowest BCUT2D eigenvalue weighted by Gasteiger charge is -2.07. The van der Waals surface area contributed by atoms with Crippen molar-refractivity contribution in [3.8, 4) is 26.9 Å². The first-order chi connectivity index (χ1) is 10.2. The number of benzene rings is 1. The third kappa shape index (κ3) is 2.80. The number of hydrogen-bond acceptors (Lipinski definition) is 5. The zero-order valence-corrected chi connectivity index (χ0v) is 13.6. The van der Waals surface area contributed by atoms with Gasteiger partial charge in [0, 0.05) is 10.4 Å². The van der Waals surface area contributed by atoms with Crippen LogP contribution in [0.15, 0.2) is 35.7 Å². The number of aromatic nitrogens is 1. The molecule has 0 fully saturated rings. The van der Waals surface area contributed by atoms with E-state index in [0.717, 1.165) is 22.0 Å². The van der Waals surface area contributed by atoms with Crippen molar-refractivity contribution in [2.75, 3.05) is 12.3 Å². The van der Waals surface area contributed by atoms with Crippen LogP contribution in [-0.2, 0) is 0 Å². The summed E-state index contributed by atoms with van der Waals surface area (Å²) in [5.74, 6) is 0.730. The summed E-state index contributed by atoms with van der Waals surface area (Å²) < 4.78 is 5.48. The standard InChI is InChI=1S/C16H16N2OS2/c1-3-19-13-7-6-11(9-12(13)17)16-18-15(10(2)21-16)14-5-4-8-20-14/h4-9H,3,17H2,1-2H3. The number of thiazole rings is 1. The number of anilines is 1. The topological polar surface area (TPSA) is 48.1 Å². The van der Waals surface area contributed by atoms with Gasteiger partial charge in [-0.25, -0.2) is 4.98 Å². The van der Waals surface area contributed by atoms with Gasteiger partial charge in [0.05, 0.1) is 22.9 Å². The SMILES string of the molecule is CCOc1ccc(-c2nc(-c3cccs3)c(C)s2)cc1N. The Hall–Kier alpha value is -1.85. The largest absolute Gasteiger partial charge is 0.492 e. The van der Waals surface area contributed by atoms with E-state index in [0.29, 0.717) is 12.3 Å². The summed E-state index contributed by atoms with van der Waals surface area (Å²) in [6, 6.07) is 10.0. The number of aryl methyl sites for hydroxylation is 1. The van der Waals surface area contributed by atoms with E-state index in [1.807, 2.05) is 31.2 Å². The van der Waals surface area contributed by atoms with E-state index in [2.05, 4.69) is 18.4 Å². The molecule has 0 radical (unpaired) electrons. The number of nitrogens with two attached hydrogens (primary N) is 1. The maximum absolute atomic E-state index is 6.04. The number of hydrogen-bond donors (Lipinski definition) is 1. The zero-order valence-electron chi connectivity index (χ0n) is 11.9. The zero-order chi connectivity index (χ0) is 14.8. The molecule has 0 aliphatic carbocycles. The number of nitrogens with zero attached hydrogens (tertiary/aromatic N) is 1. The van der Waals surface area contributed by atoms with Gasteiger partial charge in [0.2, 0.25) is 0 Å². The summed E-state index contributed by atoms with van der Waals surface area (Å²) in [4.78, 5) is 7.20. The molecule has 2 heterocycles. The Labute approximate surface area is 132 Å². The molecule has 0 saturated heterocycles. The first-order valence-corrected chi connectivity index (χ1v) is 8.42. The first-order valence-electron chi connectivity index (χ1n) is 6.73. The molecule has 3 rings (SSSR count). The van der Waals surface area contributed by atoms with Crippen LogP contribution in [0, 0.1) is 6.92 Å². The van der Waals surface area contributed by atoms with Gasteiger partial charge in [-0.1, -0.05) is 6.07 Å². The highest BCUT2D eigenvalue weighted by molar-refractivity contribution is 7.17. The molecule has 0 atom stereocenters. The van der Waals surface area contributed by atoms with Crippen LogP contribution >= 0.6 is 22.7 Å². The number of nitrogen functional groups attached to an aromatic ring is 1. The van der Waals surface area contributed by atoms with Crippen molar-refractivity contribution in [2.45, 2.75) is 13.8 Å². The van der Waals surface area contributed by atoms with Crippen LogP contribution in [0.1, 0.15) is 11.8 Å². The summed E-state index contributed by atoms with van der Waals surface area (Å²) in [7, 11) is 0. The molecule has 3 aromatic rings. The van der Waals surface area contributed by atoms with Crippen molar-refractivity contribution < 1.29 is 4.74 Å². The molecule has 2 N–H and O–H groups in total. The Morgan fingerprint density at radius 3 is 2.81 bits per heavy atom. The van der Waals surface area contributed by atoms with E-state index < -0.39 is 0 Å². The predicted octanol–water partition coefficient (Wildman–Crippen LogP) is 4.83. The predicted molar refractivity (Wildman–Crippen MR) is 91.2 cm³/mol. The fourth-order valence-corrected chi connectivity index (χ4v) is 3.89. The highest BCUT2D eigenvalue weighted by Gasteiger charge is 2.13. The molecule has 0 aliphatic heterocycles. The van der Waals surface area contributed by atoms with Gasteiger partial charge in [-0.3, -0.25) is 0 Å². The summed E-state index contributed by atoms with van der Waals surface area (Å²) in [6.07, 6.45) is 0. The van der Waals surface area contributed by atoms with Gasteiger partial charge in [0.25, 0.3) is 0 Å². The number of ether oxygens (including phenoxy) is 1. The highest BCUT2D eigenvalue weighted by atomic mass is 32.1. The third-order valence-electron chi connectivity index (χ3n) is 3.11. The maximum Gasteiger partial charge on any atom is 0.142 e. The van der Waals surface area contributed by atoms with E-state index in [9.17, 15) is 0 Å². The molecule has 1 aromatic carbocycles. The summed E-state index contributed by atoms with van der Waals surface area (Å²) in [5, 5.41) is 3.06. The van der Waals surface area contributed by atoms with E-state index in [1.165, 1.54) is 9.75 Å². The van der Waals surface area contributed by atoms with Crippen LogP contribution in [0.5, 0.6) is 5.75 Å². The van der Waals surface area contributed by atoms with Crippen LogP contribution in [-0.4, -0.2) is 11.6 Å². The highest BCUT2D eigenvalue weighted by Crippen LogP contribution is 2.36. The summed E-state index contributed by atoms with van der Waals surface area (Å²) >= 11 is 3.40. The van der Waals surface area contributed by atoms with Gasteiger partial charge < -0.3 is 10.5 Å². The Morgan fingerprint density at radius 2 is 2.14 bits per heavy atom. The molecule has 3 nitrogen and oxygen atoms in total. The van der Waals surface area contributed by atoms with Crippen LogP contribution in [0.25, 0.3) is 21.1 Å². The van der Waals surface area contributed by atoms with Crippen LogP contribution in [0.2, 0.25) is 0 Å². The molecule has 0 amide bonds. The van der Waals surface area contributed by atoms with Crippen LogP contribution < -0.4 is 10.5 Å². The first kappa shape index (κ1) is 14.1. The number of rotatable bonds is 4. The lowest BCUT2D eigenvalue weighted by Crippen LogP contribution is -1.96. The molecular formula is C16H16N2OS2. The van der Waals surface area contributed by atoms with Crippen molar-refractivity contribution in [2.24, 2.45) is 0 Å². The molecule has 0 unspecified atom stereocenters. The molecule has 2 aromatic heterocycles. The van der Waals surface area contributed by atoms with Gasteiger partial charge in [-0.05, 0) is 43.5 Å². The third-order valence-corrected chi connectivity index (χ3v) is 5.00. The molecule has 0 spiro atoms. The van der Waals surface area contributed by atoms with Gasteiger partial charge in [-0.15, -0.1) is 22.7 Å². The quantitative estimate of drug-likeness (QED) is 0.701. The van der Waals surface area contributed by atoms with Crippen LogP contribution in [0.3, 0.4) is 0 Å². The van der Waals surface area contributed by atoms with Crippen molar-refractivity contribution in [3.05, 3.63) is 40.6 Å². The molecule has 0 aliphatic rings. The van der Waals surface area contributed by atoms with Crippen molar-refractivity contribution in [3.63, 3.8) is 0 Å². The van der Waals surface area contributed by atoms with Crippen LogP contribution in [0.4, 0.5) is 5.69 Å². The molecule has 0 bridgehead atoms. The summed E-state index contributed by atoms with van der Waals surface area (Å²) in [5.41, 5.74) is 8.79. The van der Waals surface area contributed by atoms with Crippen molar-refractivity contribution in [1.82, 2.24) is 4.98 Å². The average molecular weight is 316 g/mol. The van der Waals surface area contributed by atoms with E-state index in [1.54, 1.807) is 22.7 Å². The molecular weight excluding hydrogens is 300 g/mol. The molecule has 21 heavy (non-hydrogen) atoms. The lowest BCUT2D eigenvalue weighted by molar-refractivity contribution is 0.342. The monoisotopic (exact) mass is 316 g/mol. The average Bonchev–Trinajstić information content (AvgIpc) is 3.10. The van der Waals surface area contributed by atoms with Gasteiger partial charge in [-0.2, -0.15) is 0 Å². The second-order valence-electron chi connectivity index (χ2n) is 4.59. The van der Waals surface area contributed by atoms with Crippen molar-refractivity contribution in [1.29, 1.82) is 0 Å². The smallest absolute Gasteiger partial charge is 0.142 e.